The first-order valence-corrected chi connectivity index (χ1v) is 9.71. The number of hydrogen-bond donors (Lipinski definition) is 2. The summed E-state index contributed by atoms with van der Waals surface area (Å²) in [7, 11) is 1.62. The standard InChI is InChI=1S/C24H27N3O2/c1-16(2)21-7-5-6-17(3)24(21)27-22-13-10-19(15-25-22)26-23(28)14-18-8-11-20(29-4)12-9-18/h5-13,15-16H,14H2,1-4H3,(H,25,27)(H,26,28). The molecular weight excluding hydrogens is 362 g/mol. The van der Waals surface area contributed by atoms with Gasteiger partial charge in [0.25, 0.3) is 0 Å². The molecule has 2 N–H and O–H groups in total. The molecular formula is C24H27N3O2. The summed E-state index contributed by atoms with van der Waals surface area (Å²) in [5, 5.41) is 6.31. The molecule has 0 saturated heterocycles. The number of para-hydroxylation sites is 1. The molecule has 0 unspecified atom stereocenters. The number of ether oxygens (including phenoxy) is 1. The lowest BCUT2D eigenvalue weighted by Crippen LogP contribution is -2.14. The highest BCUT2D eigenvalue weighted by Gasteiger charge is 2.10. The van der Waals surface area contributed by atoms with Gasteiger partial charge in [0.2, 0.25) is 5.91 Å². The zero-order chi connectivity index (χ0) is 20.8. The molecule has 0 radical (unpaired) electrons. The number of hydrogen-bond acceptors (Lipinski definition) is 4. The molecule has 1 aromatic heterocycles. The number of carbonyl (C=O) groups excluding carboxylic acids is 1. The molecule has 0 aliphatic carbocycles. The monoisotopic (exact) mass is 389 g/mol. The van der Waals surface area contributed by atoms with Crippen molar-refractivity contribution in [3.05, 3.63) is 77.5 Å². The Bertz CT molecular complexity index is 964. The van der Waals surface area contributed by atoms with Gasteiger partial charge in [-0.1, -0.05) is 44.2 Å². The van der Waals surface area contributed by atoms with Crippen molar-refractivity contribution in [3.63, 3.8) is 0 Å². The van der Waals surface area contributed by atoms with Crippen molar-refractivity contribution < 1.29 is 9.53 Å². The Hall–Kier alpha value is -3.34. The summed E-state index contributed by atoms with van der Waals surface area (Å²) in [6.45, 7) is 6.44. The first-order valence-electron chi connectivity index (χ1n) is 9.71. The minimum Gasteiger partial charge on any atom is -0.497 e. The number of benzene rings is 2. The maximum Gasteiger partial charge on any atom is 0.228 e. The molecule has 3 aromatic rings. The van der Waals surface area contributed by atoms with Gasteiger partial charge in [0.15, 0.2) is 0 Å². The summed E-state index contributed by atoms with van der Waals surface area (Å²) >= 11 is 0. The third-order valence-electron chi connectivity index (χ3n) is 4.75. The Kier molecular flexibility index (Phi) is 6.50. The number of rotatable bonds is 7. The van der Waals surface area contributed by atoms with E-state index in [1.54, 1.807) is 13.3 Å². The molecule has 2 aromatic carbocycles. The molecule has 3 rings (SSSR count). The number of aromatic nitrogens is 1. The smallest absolute Gasteiger partial charge is 0.228 e. The van der Waals surface area contributed by atoms with Gasteiger partial charge in [-0.2, -0.15) is 0 Å². The Morgan fingerprint density at radius 1 is 1.07 bits per heavy atom. The van der Waals surface area contributed by atoms with Crippen molar-refractivity contribution in [2.75, 3.05) is 17.7 Å². The van der Waals surface area contributed by atoms with Crippen molar-refractivity contribution in [1.82, 2.24) is 4.98 Å². The highest BCUT2D eigenvalue weighted by atomic mass is 16.5. The molecule has 0 aliphatic heterocycles. The fraction of sp³-hybridized carbons (Fsp3) is 0.250. The first kappa shape index (κ1) is 20.4. The highest BCUT2D eigenvalue weighted by Crippen LogP contribution is 2.29. The summed E-state index contributed by atoms with van der Waals surface area (Å²) < 4.78 is 5.14. The minimum atomic E-state index is -0.0846. The van der Waals surface area contributed by atoms with Gasteiger partial charge < -0.3 is 15.4 Å². The Labute approximate surface area is 172 Å². The molecule has 0 aliphatic rings. The van der Waals surface area contributed by atoms with E-state index in [4.69, 9.17) is 4.74 Å². The zero-order valence-corrected chi connectivity index (χ0v) is 17.3. The Morgan fingerprint density at radius 3 is 2.45 bits per heavy atom. The predicted molar refractivity (Wildman–Crippen MR) is 118 cm³/mol. The van der Waals surface area contributed by atoms with Crippen LogP contribution in [-0.2, 0) is 11.2 Å². The van der Waals surface area contributed by atoms with E-state index in [2.05, 4.69) is 54.6 Å². The van der Waals surface area contributed by atoms with Crippen LogP contribution in [0.15, 0.2) is 60.8 Å². The normalized spacial score (nSPS) is 10.7. The number of nitrogens with one attached hydrogen (secondary N) is 2. The van der Waals surface area contributed by atoms with Gasteiger partial charge in [0, 0.05) is 5.69 Å². The Balaban J connectivity index is 1.64. The summed E-state index contributed by atoms with van der Waals surface area (Å²) in [5.41, 5.74) is 5.11. The summed E-state index contributed by atoms with van der Waals surface area (Å²) in [4.78, 5) is 16.7. The number of pyridine rings is 1. The summed E-state index contributed by atoms with van der Waals surface area (Å²) in [5.74, 6) is 1.85. The second kappa shape index (κ2) is 9.24. The SMILES string of the molecule is COc1ccc(CC(=O)Nc2ccc(Nc3c(C)cccc3C(C)C)nc2)cc1. The van der Waals surface area contributed by atoms with Crippen LogP contribution < -0.4 is 15.4 Å². The molecule has 1 amide bonds. The van der Waals surface area contributed by atoms with Crippen LogP contribution in [0, 0.1) is 6.92 Å². The molecule has 0 fully saturated rings. The second-order valence-corrected chi connectivity index (χ2v) is 7.32. The number of carbonyl (C=O) groups is 1. The second-order valence-electron chi connectivity index (χ2n) is 7.32. The summed E-state index contributed by atoms with van der Waals surface area (Å²) in [6, 6.07) is 17.5. The molecule has 5 heteroatoms. The third kappa shape index (κ3) is 5.35. The van der Waals surface area contributed by atoms with E-state index < -0.39 is 0 Å². The van der Waals surface area contributed by atoms with E-state index in [1.165, 1.54) is 11.1 Å². The maximum atomic E-state index is 12.3. The van der Waals surface area contributed by atoms with E-state index in [0.717, 1.165) is 22.8 Å². The lowest BCUT2D eigenvalue weighted by molar-refractivity contribution is -0.115. The Morgan fingerprint density at radius 2 is 1.83 bits per heavy atom. The van der Waals surface area contributed by atoms with E-state index in [9.17, 15) is 4.79 Å². The molecule has 0 bridgehead atoms. The third-order valence-corrected chi connectivity index (χ3v) is 4.75. The molecule has 1 heterocycles. The molecule has 0 saturated carbocycles. The number of nitrogens with zero attached hydrogens (tertiary/aromatic N) is 1. The van der Waals surface area contributed by atoms with E-state index in [-0.39, 0.29) is 5.91 Å². The van der Waals surface area contributed by atoms with Crippen molar-refractivity contribution in [2.24, 2.45) is 0 Å². The molecule has 150 valence electrons. The molecule has 0 atom stereocenters. The van der Waals surface area contributed by atoms with Crippen molar-refractivity contribution >= 4 is 23.1 Å². The molecule has 29 heavy (non-hydrogen) atoms. The summed E-state index contributed by atoms with van der Waals surface area (Å²) in [6.07, 6.45) is 1.96. The largest absolute Gasteiger partial charge is 0.497 e. The van der Waals surface area contributed by atoms with Crippen LogP contribution in [-0.4, -0.2) is 18.0 Å². The van der Waals surface area contributed by atoms with Crippen molar-refractivity contribution in [1.29, 1.82) is 0 Å². The average Bonchev–Trinajstić information content (AvgIpc) is 2.71. The van der Waals surface area contributed by atoms with Gasteiger partial charge in [-0.3, -0.25) is 4.79 Å². The lowest BCUT2D eigenvalue weighted by atomic mass is 9.98. The van der Waals surface area contributed by atoms with Crippen LogP contribution in [0.3, 0.4) is 0 Å². The lowest BCUT2D eigenvalue weighted by Gasteiger charge is -2.17. The zero-order valence-electron chi connectivity index (χ0n) is 17.3. The first-order chi connectivity index (χ1) is 14.0. The highest BCUT2D eigenvalue weighted by molar-refractivity contribution is 5.92. The van der Waals surface area contributed by atoms with Gasteiger partial charge in [-0.15, -0.1) is 0 Å². The number of aryl methyl sites for hydroxylation is 1. The van der Waals surface area contributed by atoms with Crippen molar-refractivity contribution in [2.45, 2.75) is 33.1 Å². The van der Waals surface area contributed by atoms with Crippen LogP contribution in [0.2, 0.25) is 0 Å². The fourth-order valence-electron chi connectivity index (χ4n) is 3.15. The van der Waals surface area contributed by atoms with Crippen LogP contribution >= 0.6 is 0 Å². The number of methoxy groups -OCH3 is 1. The van der Waals surface area contributed by atoms with Gasteiger partial charge in [0.1, 0.15) is 11.6 Å². The van der Waals surface area contributed by atoms with Crippen molar-refractivity contribution in [3.8, 4) is 5.75 Å². The minimum absolute atomic E-state index is 0.0846. The fourth-order valence-corrected chi connectivity index (χ4v) is 3.15. The molecule has 0 spiro atoms. The van der Waals surface area contributed by atoms with E-state index >= 15 is 0 Å². The van der Waals surface area contributed by atoms with E-state index in [0.29, 0.717) is 18.0 Å². The number of amides is 1. The molecule has 5 nitrogen and oxygen atoms in total. The van der Waals surface area contributed by atoms with Crippen LogP contribution in [0.4, 0.5) is 17.2 Å². The van der Waals surface area contributed by atoms with E-state index in [1.807, 2.05) is 36.4 Å². The van der Waals surface area contributed by atoms with Gasteiger partial charge in [0.05, 0.1) is 25.4 Å². The topological polar surface area (TPSA) is 63.2 Å². The van der Waals surface area contributed by atoms with Gasteiger partial charge >= 0.3 is 0 Å². The quantitative estimate of drug-likeness (QED) is 0.564. The van der Waals surface area contributed by atoms with Crippen LogP contribution in [0.1, 0.15) is 36.5 Å². The average molecular weight is 389 g/mol. The predicted octanol–water partition coefficient (Wildman–Crippen LogP) is 5.45. The van der Waals surface area contributed by atoms with Crippen LogP contribution in [0.25, 0.3) is 0 Å². The number of anilines is 3. The van der Waals surface area contributed by atoms with Gasteiger partial charge in [-0.05, 0) is 53.8 Å². The van der Waals surface area contributed by atoms with Gasteiger partial charge in [-0.25, -0.2) is 4.98 Å². The maximum absolute atomic E-state index is 12.3. The van der Waals surface area contributed by atoms with Crippen LogP contribution in [0.5, 0.6) is 5.75 Å².